The van der Waals surface area contributed by atoms with E-state index in [1.807, 2.05) is 0 Å². The molecular formula is C16H21N3O2. The lowest BCUT2D eigenvalue weighted by molar-refractivity contribution is 0.177. The smallest absolute Gasteiger partial charge is 0.407 e. The van der Waals surface area contributed by atoms with Gasteiger partial charge in [0, 0.05) is 27.8 Å². The first-order valence-electron chi connectivity index (χ1n) is 10.6. The predicted molar refractivity (Wildman–Crippen MR) is 82.5 cm³/mol. The molecule has 1 aliphatic rings. The highest BCUT2D eigenvalue weighted by Gasteiger charge is 2.22. The van der Waals surface area contributed by atoms with Gasteiger partial charge in [0.2, 0.25) is 0 Å². The number of aromatic nitrogens is 1. The Morgan fingerprint density at radius 3 is 3.29 bits per heavy atom. The molecule has 1 amide bonds. The zero-order valence-corrected chi connectivity index (χ0v) is 11.6. The van der Waals surface area contributed by atoms with Gasteiger partial charge < -0.3 is 19.9 Å². The van der Waals surface area contributed by atoms with E-state index in [1.165, 1.54) is 18.1 Å². The highest BCUT2D eigenvalue weighted by molar-refractivity contribution is 5.84. The fourth-order valence-corrected chi connectivity index (χ4v) is 2.29. The number of cyclic esters (lactones) is 1. The van der Waals surface area contributed by atoms with Crippen LogP contribution in [0.1, 0.15) is 19.4 Å². The number of hydrogen-bond acceptors (Lipinski definition) is 3. The van der Waals surface area contributed by atoms with E-state index in [1.54, 1.807) is 0 Å². The van der Waals surface area contributed by atoms with Crippen molar-refractivity contribution in [1.29, 1.82) is 0 Å². The number of rotatable bonds is 5. The van der Waals surface area contributed by atoms with Crippen molar-refractivity contribution in [2.75, 3.05) is 27.2 Å². The number of aromatic amines is 1. The highest BCUT2D eigenvalue weighted by atomic mass is 16.6. The average molecular weight is 295 g/mol. The summed E-state index contributed by atoms with van der Waals surface area (Å²) in [5, 5.41) is 0.978. The van der Waals surface area contributed by atoms with E-state index in [2.05, 4.69) is 0 Å². The number of ether oxygens (including phenoxy) is 1. The molecule has 1 aromatic heterocycles. The second-order valence-corrected chi connectivity index (χ2v) is 5.10. The molecule has 112 valence electrons. The van der Waals surface area contributed by atoms with Gasteiger partial charge in [0.05, 0.1) is 10.2 Å². The molecule has 5 nitrogen and oxygen atoms in total. The summed E-state index contributed by atoms with van der Waals surface area (Å²) in [6.07, 6.45) is 0.878. The number of H-pyrrole nitrogens is 1. The van der Waals surface area contributed by atoms with Crippen LogP contribution < -0.4 is 5.31 Å². The summed E-state index contributed by atoms with van der Waals surface area (Å²) < 4.78 is 68.1. The molecule has 0 unspecified atom stereocenters. The standard InChI is InChI=1S/C16H21N3O2/c1-19(2)6-5-12-9-17-15-4-3-11(8-14(12)15)7-13-10-21-16(20)18-13/h3-4,8-9,13,17H,5-7,10H2,1-2H3,(H,18,20)/t13-/m0/s1/i1D3,3D,4D,8D/hD2. The van der Waals surface area contributed by atoms with Crippen molar-refractivity contribution in [1.82, 2.24) is 15.2 Å². The third kappa shape index (κ3) is 3.19. The first-order chi connectivity index (χ1) is 13.4. The summed E-state index contributed by atoms with van der Waals surface area (Å²) >= 11 is 0. The average Bonchev–Trinajstić information content (AvgIpc) is 3.14. The minimum atomic E-state index is -2.27. The molecule has 2 aromatic rings. The molecule has 0 aliphatic carbocycles. The first-order valence-corrected chi connectivity index (χ1v) is 6.71. The Hall–Kier alpha value is -2.01. The van der Waals surface area contributed by atoms with Crippen molar-refractivity contribution in [3.05, 3.63) is 35.5 Å². The molecule has 1 saturated heterocycles. The molecule has 3 rings (SSSR count). The zero-order valence-electron chi connectivity index (χ0n) is 19.6. The molecule has 2 heterocycles. The minimum absolute atomic E-state index is 0.00647. The third-order valence-electron chi connectivity index (χ3n) is 3.36. The van der Waals surface area contributed by atoms with E-state index in [0.717, 1.165) is 4.98 Å². The second-order valence-electron chi connectivity index (χ2n) is 5.10. The predicted octanol–water partition coefficient (Wildman–Crippen LogP) is 1.92. The van der Waals surface area contributed by atoms with E-state index in [0.29, 0.717) is 16.3 Å². The van der Waals surface area contributed by atoms with Crippen LogP contribution in [-0.4, -0.2) is 49.2 Å². The second kappa shape index (κ2) is 5.77. The topological polar surface area (TPSA) is 57.4 Å². The summed E-state index contributed by atoms with van der Waals surface area (Å²) in [5.74, 6) is 0. The van der Waals surface area contributed by atoms with Crippen molar-refractivity contribution in [3.63, 3.8) is 0 Å². The number of benzene rings is 1. The van der Waals surface area contributed by atoms with E-state index in [4.69, 9.17) is 15.8 Å². The van der Waals surface area contributed by atoms with Gasteiger partial charge in [-0.1, -0.05) is 6.04 Å². The van der Waals surface area contributed by atoms with Crippen molar-refractivity contribution >= 4 is 17.0 Å². The van der Waals surface area contributed by atoms with Gasteiger partial charge in [-0.15, -0.1) is 0 Å². The lowest BCUT2D eigenvalue weighted by Crippen LogP contribution is -2.28. The number of nitrogens with zero attached hydrogens (tertiary/aromatic N) is 1. The van der Waals surface area contributed by atoms with Gasteiger partial charge in [-0.05, 0) is 50.1 Å². The van der Waals surface area contributed by atoms with Gasteiger partial charge >= 0.3 is 6.09 Å². The SMILES string of the molecule is [2H]c1c(C[C@H]2COC(=O)N2[2H])c([2H])c2c(CCN(C)C([2H])([2H])[2H])cn([2H])c2c1[2H]. The van der Waals surface area contributed by atoms with Gasteiger partial charge in [-0.2, -0.15) is 0 Å². The Kier molecular flexibility index (Phi) is 2.01. The van der Waals surface area contributed by atoms with Crippen LogP contribution in [0.25, 0.3) is 10.9 Å². The lowest BCUT2D eigenvalue weighted by Gasteiger charge is -2.09. The molecule has 0 spiro atoms. The van der Waals surface area contributed by atoms with Crippen molar-refractivity contribution in [3.8, 4) is 0 Å². The molecule has 21 heavy (non-hydrogen) atoms. The number of likely N-dealkylation sites (N-methyl/N-ethyl adjacent to an activating group) is 1. The molecule has 0 radical (unpaired) electrons. The van der Waals surface area contributed by atoms with Crippen molar-refractivity contribution in [2.45, 2.75) is 18.9 Å². The van der Waals surface area contributed by atoms with E-state index < -0.39 is 19.1 Å². The molecule has 1 atom stereocenters. The van der Waals surface area contributed by atoms with E-state index in [9.17, 15) is 4.79 Å². The monoisotopic (exact) mass is 295 g/mol. The molecule has 1 fully saturated rings. The number of hydrogen-bond donors (Lipinski definition) is 2. The summed E-state index contributed by atoms with van der Waals surface area (Å²) in [4.78, 5) is 13.5. The third-order valence-corrected chi connectivity index (χ3v) is 3.36. The summed E-state index contributed by atoms with van der Waals surface area (Å²) in [7, 11) is 1.46. The maximum Gasteiger partial charge on any atom is 0.407 e. The van der Waals surface area contributed by atoms with Crippen LogP contribution in [0.5, 0.6) is 0 Å². The molecule has 0 saturated carbocycles. The fraction of sp³-hybridized carbons (Fsp3) is 0.438. The van der Waals surface area contributed by atoms with Gasteiger partial charge in [-0.3, -0.25) is 0 Å². The van der Waals surface area contributed by atoms with Gasteiger partial charge in [0.15, 0.2) is 2.82 Å². The Labute approximate surface area is 135 Å². The number of fused-ring (bicyclic) bond motifs is 1. The number of carbonyl (C=O) groups excluding carboxylic acids is 1. The minimum Gasteiger partial charge on any atom is -0.447 e. The Morgan fingerprint density at radius 1 is 1.62 bits per heavy atom. The van der Waals surface area contributed by atoms with E-state index >= 15 is 0 Å². The lowest BCUT2D eigenvalue weighted by atomic mass is 10.0. The van der Waals surface area contributed by atoms with Crippen LogP contribution in [0.15, 0.2) is 24.3 Å². The molecule has 1 aromatic carbocycles. The van der Waals surface area contributed by atoms with E-state index in [-0.39, 0.29) is 55.2 Å². The molecular weight excluding hydrogens is 266 g/mol. The first kappa shape index (κ1) is 7.31. The largest absolute Gasteiger partial charge is 0.447 e. The van der Waals surface area contributed by atoms with Crippen LogP contribution in [0, 0.1) is 0 Å². The van der Waals surface area contributed by atoms with Crippen LogP contribution in [0.3, 0.4) is 0 Å². The van der Waals surface area contributed by atoms with Gasteiger partial charge in [-0.25, -0.2) is 4.79 Å². The number of carbonyl (C=O) groups is 1. The molecule has 2 N–H and O–H groups in total. The van der Waals surface area contributed by atoms with Crippen LogP contribution in [0.4, 0.5) is 4.79 Å². The van der Waals surface area contributed by atoms with Gasteiger partial charge in [0.25, 0.3) is 0 Å². The Balaban J connectivity index is 2.02. The molecule has 1 aliphatic heterocycles. The Morgan fingerprint density at radius 2 is 2.52 bits per heavy atom. The summed E-state index contributed by atoms with van der Waals surface area (Å²) in [5.41, 5.74) is 0.837. The highest BCUT2D eigenvalue weighted by Crippen LogP contribution is 2.21. The Bertz CT molecular complexity index is 958. The maximum absolute atomic E-state index is 11.4. The zero-order chi connectivity index (χ0) is 21.7. The number of nitrogens with one attached hydrogen (secondary N) is 2. The maximum atomic E-state index is 11.4. The normalized spacial score (nSPS) is 24.8. The van der Waals surface area contributed by atoms with Crippen molar-refractivity contribution < 1.29 is 20.6 Å². The van der Waals surface area contributed by atoms with Gasteiger partial charge in [0.1, 0.15) is 6.61 Å². The van der Waals surface area contributed by atoms with Crippen LogP contribution >= 0.6 is 0 Å². The molecule has 5 heteroatoms. The summed E-state index contributed by atoms with van der Waals surface area (Å²) in [6.45, 7) is -2.15. The quantitative estimate of drug-likeness (QED) is 0.886. The fourth-order valence-electron chi connectivity index (χ4n) is 2.29. The molecule has 0 bridgehead atoms. The summed E-state index contributed by atoms with van der Waals surface area (Å²) in [6, 6.07) is -1.17. The number of amides is 1. The number of alkyl carbamates (subject to hydrolysis) is 1. The van der Waals surface area contributed by atoms with Crippen LogP contribution in [0.2, 0.25) is 2.82 Å². The van der Waals surface area contributed by atoms with Crippen molar-refractivity contribution in [2.24, 2.45) is 0 Å². The van der Waals surface area contributed by atoms with Crippen LogP contribution in [-0.2, 0) is 17.6 Å².